The molecule has 0 unspecified atom stereocenters. The van der Waals surface area contributed by atoms with Crippen molar-refractivity contribution < 1.29 is 14.1 Å². The zero-order valence-corrected chi connectivity index (χ0v) is 12.5. The van der Waals surface area contributed by atoms with Gasteiger partial charge in [-0.25, -0.2) is 4.39 Å². The predicted molar refractivity (Wildman–Crippen MR) is 79.9 cm³/mol. The molecule has 0 aliphatic carbocycles. The number of carbonyl (C=O) groups excluding carboxylic acids is 1. The zero-order chi connectivity index (χ0) is 15.6. The van der Waals surface area contributed by atoms with E-state index in [0.717, 1.165) is 0 Å². The predicted octanol–water partition coefficient (Wildman–Crippen LogP) is 4.06. The Morgan fingerprint density at radius 3 is 2.62 bits per heavy atom. The second-order valence-electron chi connectivity index (χ2n) is 4.31. The largest absolute Gasteiger partial charge is 0.322 e. The lowest BCUT2D eigenvalue weighted by Gasteiger charge is -2.10. The third-order valence-electron chi connectivity index (χ3n) is 2.86. The summed E-state index contributed by atoms with van der Waals surface area (Å²) < 4.78 is 14.0. The first-order valence-corrected chi connectivity index (χ1v) is 6.70. The van der Waals surface area contributed by atoms with Crippen LogP contribution in [0.3, 0.4) is 0 Å². The van der Waals surface area contributed by atoms with E-state index >= 15 is 0 Å². The van der Waals surface area contributed by atoms with Crippen LogP contribution in [0.2, 0.25) is 0 Å². The van der Waals surface area contributed by atoms with Crippen LogP contribution in [0.1, 0.15) is 15.9 Å². The Labute approximate surface area is 128 Å². The van der Waals surface area contributed by atoms with Gasteiger partial charge in [-0.2, -0.15) is 0 Å². The first kappa shape index (κ1) is 15.1. The number of hydrogen-bond donors (Lipinski definition) is 1. The van der Waals surface area contributed by atoms with Gasteiger partial charge in [-0.05, 0) is 46.6 Å². The van der Waals surface area contributed by atoms with Crippen LogP contribution >= 0.6 is 15.9 Å². The van der Waals surface area contributed by atoms with Gasteiger partial charge in [0.1, 0.15) is 5.82 Å². The zero-order valence-electron chi connectivity index (χ0n) is 10.9. The summed E-state index contributed by atoms with van der Waals surface area (Å²) in [4.78, 5) is 22.2. The Bertz CT molecular complexity index is 714. The van der Waals surface area contributed by atoms with E-state index in [2.05, 4.69) is 21.2 Å². The molecule has 0 atom stereocenters. The van der Waals surface area contributed by atoms with Crippen molar-refractivity contribution >= 4 is 33.2 Å². The summed E-state index contributed by atoms with van der Waals surface area (Å²) in [6.45, 7) is 1.62. The Kier molecular flexibility index (Phi) is 4.32. The van der Waals surface area contributed by atoms with Crippen molar-refractivity contribution in [2.24, 2.45) is 0 Å². The quantitative estimate of drug-likeness (QED) is 0.668. The molecule has 0 aromatic heterocycles. The number of anilines is 1. The molecule has 2 aromatic rings. The number of aryl methyl sites for hydroxylation is 1. The molecule has 0 spiro atoms. The highest BCUT2D eigenvalue weighted by molar-refractivity contribution is 9.10. The van der Waals surface area contributed by atoms with Gasteiger partial charge in [-0.3, -0.25) is 14.9 Å². The van der Waals surface area contributed by atoms with Gasteiger partial charge in [0.15, 0.2) is 0 Å². The fraction of sp³-hybridized carbons (Fsp3) is 0.0714. The van der Waals surface area contributed by atoms with Gasteiger partial charge in [-0.1, -0.05) is 6.07 Å². The lowest BCUT2D eigenvalue weighted by atomic mass is 10.1. The third kappa shape index (κ3) is 3.25. The van der Waals surface area contributed by atoms with Crippen molar-refractivity contribution in [1.82, 2.24) is 0 Å². The third-order valence-corrected chi connectivity index (χ3v) is 3.52. The molecule has 0 aliphatic heterocycles. The summed E-state index contributed by atoms with van der Waals surface area (Å²) in [6.07, 6.45) is 0. The molecule has 108 valence electrons. The van der Waals surface area contributed by atoms with Crippen LogP contribution in [0.4, 0.5) is 15.8 Å². The molecule has 2 rings (SSSR count). The summed E-state index contributed by atoms with van der Waals surface area (Å²) >= 11 is 3.12. The van der Waals surface area contributed by atoms with E-state index in [1.807, 2.05) is 0 Å². The van der Waals surface area contributed by atoms with Gasteiger partial charge in [0.05, 0.1) is 10.5 Å². The Balaban J connectivity index is 2.30. The summed E-state index contributed by atoms with van der Waals surface area (Å²) in [6, 6.07) is 8.25. The smallest absolute Gasteiger partial charge is 0.269 e. The molecular formula is C14H10BrFN2O3. The van der Waals surface area contributed by atoms with Gasteiger partial charge in [0.25, 0.3) is 11.6 Å². The Morgan fingerprint density at radius 1 is 1.33 bits per heavy atom. The molecule has 0 saturated heterocycles. The SMILES string of the molecule is Cc1cc([N+](=O)[O-])ccc1NC(=O)c1c(F)cccc1Br. The van der Waals surface area contributed by atoms with Crippen LogP contribution in [-0.2, 0) is 0 Å². The highest BCUT2D eigenvalue weighted by Gasteiger charge is 2.17. The van der Waals surface area contributed by atoms with E-state index in [9.17, 15) is 19.3 Å². The first-order valence-electron chi connectivity index (χ1n) is 5.90. The van der Waals surface area contributed by atoms with Crippen molar-refractivity contribution in [3.05, 3.63) is 67.9 Å². The van der Waals surface area contributed by atoms with E-state index in [-0.39, 0.29) is 11.3 Å². The number of nitrogens with zero attached hydrogens (tertiary/aromatic N) is 1. The van der Waals surface area contributed by atoms with Crippen LogP contribution in [0.25, 0.3) is 0 Å². The lowest BCUT2D eigenvalue weighted by Crippen LogP contribution is -2.15. The van der Waals surface area contributed by atoms with Crippen LogP contribution in [0.15, 0.2) is 40.9 Å². The van der Waals surface area contributed by atoms with Crippen LogP contribution in [0.5, 0.6) is 0 Å². The molecule has 0 fully saturated rings. The number of rotatable bonds is 3. The van der Waals surface area contributed by atoms with Gasteiger partial charge in [0.2, 0.25) is 0 Å². The molecular weight excluding hydrogens is 343 g/mol. The molecule has 21 heavy (non-hydrogen) atoms. The molecule has 1 amide bonds. The summed E-state index contributed by atoms with van der Waals surface area (Å²) in [5.41, 5.74) is 0.721. The van der Waals surface area contributed by atoms with Gasteiger partial charge >= 0.3 is 0 Å². The number of nitrogens with one attached hydrogen (secondary N) is 1. The normalized spacial score (nSPS) is 10.2. The van der Waals surface area contributed by atoms with E-state index in [1.54, 1.807) is 13.0 Å². The highest BCUT2D eigenvalue weighted by Crippen LogP contribution is 2.24. The van der Waals surface area contributed by atoms with Crippen LogP contribution in [-0.4, -0.2) is 10.8 Å². The number of carbonyl (C=O) groups is 1. The fourth-order valence-corrected chi connectivity index (χ4v) is 2.32. The second kappa shape index (κ2) is 6.01. The lowest BCUT2D eigenvalue weighted by molar-refractivity contribution is -0.384. The van der Waals surface area contributed by atoms with Crippen molar-refractivity contribution in [1.29, 1.82) is 0 Å². The maximum absolute atomic E-state index is 13.7. The first-order chi connectivity index (χ1) is 9.90. The number of non-ortho nitro benzene ring substituents is 1. The summed E-state index contributed by atoms with van der Waals surface area (Å²) in [5, 5.41) is 13.2. The monoisotopic (exact) mass is 352 g/mol. The molecule has 0 saturated carbocycles. The Morgan fingerprint density at radius 2 is 2.05 bits per heavy atom. The molecule has 5 nitrogen and oxygen atoms in total. The Hall–Kier alpha value is -2.28. The van der Waals surface area contributed by atoms with Crippen LogP contribution < -0.4 is 5.32 Å². The molecule has 0 radical (unpaired) electrons. The van der Waals surface area contributed by atoms with E-state index in [4.69, 9.17) is 0 Å². The minimum atomic E-state index is -0.651. The summed E-state index contributed by atoms with van der Waals surface area (Å²) in [7, 11) is 0. The maximum atomic E-state index is 13.7. The molecule has 7 heteroatoms. The minimum absolute atomic E-state index is 0.0717. The fourth-order valence-electron chi connectivity index (χ4n) is 1.80. The topological polar surface area (TPSA) is 72.2 Å². The minimum Gasteiger partial charge on any atom is -0.322 e. The van der Waals surface area contributed by atoms with Crippen molar-refractivity contribution in [2.45, 2.75) is 6.92 Å². The highest BCUT2D eigenvalue weighted by atomic mass is 79.9. The van der Waals surface area contributed by atoms with Gasteiger partial charge in [0, 0.05) is 22.3 Å². The molecule has 2 aromatic carbocycles. The van der Waals surface area contributed by atoms with Crippen molar-refractivity contribution in [3.63, 3.8) is 0 Å². The van der Waals surface area contributed by atoms with E-state index in [0.29, 0.717) is 15.7 Å². The van der Waals surface area contributed by atoms with Gasteiger partial charge < -0.3 is 5.32 Å². The average molecular weight is 353 g/mol. The molecule has 0 bridgehead atoms. The molecule has 1 N–H and O–H groups in total. The number of amides is 1. The molecule has 0 aliphatic rings. The number of halogens is 2. The maximum Gasteiger partial charge on any atom is 0.269 e. The second-order valence-corrected chi connectivity index (χ2v) is 5.16. The van der Waals surface area contributed by atoms with Gasteiger partial charge in [-0.15, -0.1) is 0 Å². The van der Waals surface area contributed by atoms with Crippen LogP contribution in [0, 0.1) is 22.9 Å². The van der Waals surface area contributed by atoms with E-state index in [1.165, 1.54) is 30.3 Å². The molecule has 0 heterocycles. The number of nitro groups is 1. The number of benzene rings is 2. The van der Waals surface area contributed by atoms with Crippen molar-refractivity contribution in [2.75, 3.05) is 5.32 Å². The average Bonchev–Trinajstić information content (AvgIpc) is 2.40. The summed E-state index contributed by atoms with van der Waals surface area (Å²) in [5.74, 6) is -1.28. The number of hydrogen-bond acceptors (Lipinski definition) is 3. The number of nitro benzene ring substituents is 1. The standard InChI is InChI=1S/C14H10BrFN2O3/c1-8-7-9(18(20)21)5-6-12(8)17-14(19)13-10(15)3-2-4-11(13)16/h2-7H,1H3,(H,17,19). The van der Waals surface area contributed by atoms with E-state index < -0.39 is 16.6 Å². The van der Waals surface area contributed by atoms with Crippen molar-refractivity contribution in [3.8, 4) is 0 Å².